The molecule has 0 radical (unpaired) electrons. The average molecular weight is 218 g/mol. The summed E-state index contributed by atoms with van der Waals surface area (Å²) in [6.07, 6.45) is 1.89. The third-order valence-electron chi connectivity index (χ3n) is 2.69. The van der Waals surface area contributed by atoms with Crippen LogP contribution in [0.1, 0.15) is 6.92 Å². The molecule has 2 aromatic rings. The Kier molecular flexibility index (Phi) is 2.56. The molecule has 16 heavy (non-hydrogen) atoms. The molecule has 1 aromatic heterocycles. The van der Waals surface area contributed by atoms with Crippen molar-refractivity contribution in [2.75, 3.05) is 5.73 Å². The molecule has 0 aliphatic heterocycles. The summed E-state index contributed by atoms with van der Waals surface area (Å²) in [6, 6.07) is 7.60. The van der Waals surface area contributed by atoms with Gasteiger partial charge in [-0.15, -0.1) is 0 Å². The van der Waals surface area contributed by atoms with Gasteiger partial charge < -0.3 is 15.4 Å². The van der Waals surface area contributed by atoms with Gasteiger partial charge in [0.25, 0.3) is 0 Å². The molecule has 0 spiro atoms. The fourth-order valence-corrected chi connectivity index (χ4v) is 1.73. The molecule has 1 heterocycles. The van der Waals surface area contributed by atoms with E-state index < -0.39 is 11.9 Å². The fourth-order valence-electron chi connectivity index (χ4n) is 1.73. The van der Waals surface area contributed by atoms with Crippen LogP contribution in [-0.4, -0.2) is 15.6 Å². The lowest BCUT2D eigenvalue weighted by Gasteiger charge is -2.09. The van der Waals surface area contributed by atoms with Crippen LogP contribution in [0, 0.1) is 5.92 Å². The van der Waals surface area contributed by atoms with Gasteiger partial charge in [-0.05, 0) is 23.6 Å². The number of nitrogen functional groups attached to an aromatic ring is 1. The lowest BCUT2D eigenvalue weighted by atomic mass is 10.2. The Labute approximate surface area is 93.3 Å². The molecule has 4 nitrogen and oxygen atoms in total. The highest BCUT2D eigenvalue weighted by molar-refractivity contribution is 5.83. The highest BCUT2D eigenvalue weighted by atomic mass is 16.4. The summed E-state index contributed by atoms with van der Waals surface area (Å²) < 4.78 is 1.92. The van der Waals surface area contributed by atoms with Gasteiger partial charge in [0.2, 0.25) is 0 Å². The van der Waals surface area contributed by atoms with E-state index in [2.05, 4.69) is 0 Å². The first-order chi connectivity index (χ1) is 7.58. The number of carboxylic acids is 1. The number of benzene rings is 1. The Hall–Kier alpha value is -1.97. The van der Waals surface area contributed by atoms with Crippen LogP contribution in [0.5, 0.6) is 0 Å². The van der Waals surface area contributed by atoms with Crippen molar-refractivity contribution in [3.8, 4) is 0 Å². The van der Waals surface area contributed by atoms with Crippen molar-refractivity contribution >= 4 is 22.6 Å². The van der Waals surface area contributed by atoms with Gasteiger partial charge >= 0.3 is 5.97 Å². The third kappa shape index (κ3) is 1.86. The van der Waals surface area contributed by atoms with E-state index >= 15 is 0 Å². The number of rotatable bonds is 3. The van der Waals surface area contributed by atoms with Crippen molar-refractivity contribution in [3.05, 3.63) is 30.5 Å². The van der Waals surface area contributed by atoms with Crippen molar-refractivity contribution in [3.63, 3.8) is 0 Å². The van der Waals surface area contributed by atoms with E-state index in [4.69, 9.17) is 10.8 Å². The topological polar surface area (TPSA) is 68.2 Å². The monoisotopic (exact) mass is 218 g/mol. The van der Waals surface area contributed by atoms with Gasteiger partial charge in [0, 0.05) is 18.4 Å². The zero-order chi connectivity index (χ0) is 11.7. The lowest BCUT2D eigenvalue weighted by molar-refractivity contribution is -0.141. The predicted molar refractivity (Wildman–Crippen MR) is 63.2 cm³/mol. The molecule has 1 aromatic carbocycles. The summed E-state index contributed by atoms with van der Waals surface area (Å²) in [6.45, 7) is 2.16. The maximum absolute atomic E-state index is 10.8. The Morgan fingerprint density at radius 2 is 2.25 bits per heavy atom. The van der Waals surface area contributed by atoms with E-state index in [1.807, 2.05) is 35.0 Å². The Morgan fingerprint density at radius 1 is 1.50 bits per heavy atom. The van der Waals surface area contributed by atoms with Crippen LogP contribution < -0.4 is 5.73 Å². The van der Waals surface area contributed by atoms with Gasteiger partial charge in [0.15, 0.2) is 0 Å². The molecule has 2 rings (SSSR count). The van der Waals surface area contributed by atoms with Gasteiger partial charge in [0.1, 0.15) is 0 Å². The van der Waals surface area contributed by atoms with E-state index in [-0.39, 0.29) is 0 Å². The van der Waals surface area contributed by atoms with Crippen LogP contribution in [-0.2, 0) is 11.3 Å². The quantitative estimate of drug-likeness (QED) is 0.773. The summed E-state index contributed by atoms with van der Waals surface area (Å²) in [5.41, 5.74) is 7.38. The van der Waals surface area contributed by atoms with E-state index in [0.29, 0.717) is 12.2 Å². The van der Waals surface area contributed by atoms with E-state index in [9.17, 15) is 4.79 Å². The number of carbonyl (C=O) groups is 1. The summed E-state index contributed by atoms with van der Waals surface area (Å²) >= 11 is 0. The second-order valence-electron chi connectivity index (χ2n) is 4.03. The van der Waals surface area contributed by atoms with Gasteiger partial charge in [-0.2, -0.15) is 0 Å². The molecular formula is C12H14N2O2. The first kappa shape index (κ1) is 10.5. The van der Waals surface area contributed by atoms with Crippen LogP contribution in [0.3, 0.4) is 0 Å². The van der Waals surface area contributed by atoms with Crippen molar-refractivity contribution in [1.82, 2.24) is 4.57 Å². The van der Waals surface area contributed by atoms with Gasteiger partial charge in [-0.1, -0.05) is 13.0 Å². The highest BCUT2D eigenvalue weighted by Crippen LogP contribution is 2.19. The van der Waals surface area contributed by atoms with Gasteiger partial charge in [-0.3, -0.25) is 4.79 Å². The normalized spacial score (nSPS) is 12.8. The third-order valence-corrected chi connectivity index (χ3v) is 2.69. The molecule has 1 atom stereocenters. The molecule has 84 valence electrons. The molecule has 1 unspecified atom stereocenters. The van der Waals surface area contributed by atoms with Crippen LogP contribution in [0.15, 0.2) is 30.5 Å². The molecule has 0 aliphatic rings. The molecular weight excluding hydrogens is 204 g/mol. The zero-order valence-corrected chi connectivity index (χ0v) is 9.05. The fraction of sp³-hybridized carbons (Fsp3) is 0.250. The average Bonchev–Trinajstić information content (AvgIpc) is 2.61. The number of anilines is 1. The second-order valence-corrected chi connectivity index (χ2v) is 4.03. The number of fused-ring (bicyclic) bond motifs is 1. The summed E-state index contributed by atoms with van der Waals surface area (Å²) in [5, 5.41) is 9.95. The molecule has 4 heteroatoms. The summed E-state index contributed by atoms with van der Waals surface area (Å²) in [4.78, 5) is 10.8. The van der Waals surface area contributed by atoms with Gasteiger partial charge in [-0.25, -0.2) is 0 Å². The Bertz CT molecular complexity index is 531. The molecule has 3 N–H and O–H groups in total. The Morgan fingerprint density at radius 3 is 2.94 bits per heavy atom. The molecule has 0 saturated carbocycles. The number of nitrogens with two attached hydrogens (primary N) is 1. The molecule has 0 amide bonds. The largest absolute Gasteiger partial charge is 0.481 e. The first-order valence-electron chi connectivity index (χ1n) is 5.15. The molecule has 0 bridgehead atoms. The van der Waals surface area contributed by atoms with Crippen LogP contribution >= 0.6 is 0 Å². The van der Waals surface area contributed by atoms with Gasteiger partial charge in [0.05, 0.1) is 11.4 Å². The minimum absolute atomic E-state index is 0.406. The van der Waals surface area contributed by atoms with Crippen LogP contribution in [0.2, 0.25) is 0 Å². The summed E-state index contributed by atoms with van der Waals surface area (Å²) in [5.74, 6) is -1.19. The van der Waals surface area contributed by atoms with E-state index in [0.717, 1.165) is 10.9 Å². The van der Waals surface area contributed by atoms with Crippen molar-refractivity contribution in [1.29, 1.82) is 0 Å². The predicted octanol–water partition coefficient (Wildman–Crippen LogP) is 1.94. The highest BCUT2D eigenvalue weighted by Gasteiger charge is 2.12. The van der Waals surface area contributed by atoms with E-state index in [1.54, 1.807) is 6.92 Å². The number of nitrogens with zero attached hydrogens (tertiary/aromatic N) is 1. The molecule has 0 aliphatic carbocycles. The second kappa shape index (κ2) is 3.89. The number of hydrogen-bond donors (Lipinski definition) is 2. The van der Waals surface area contributed by atoms with E-state index in [1.165, 1.54) is 0 Å². The molecule has 0 fully saturated rings. The standard InChI is InChI=1S/C12H14N2O2/c1-8(12(15)16)7-14-5-4-9-2-3-10(13)6-11(9)14/h2-6,8H,7,13H2,1H3,(H,15,16). The summed E-state index contributed by atoms with van der Waals surface area (Å²) in [7, 11) is 0. The number of aliphatic carboxylic acids is 1. The number of carboxylic acid groups (broad SMARTS) is 1. The Balaban J connectivity index is 2.37. The van der Waals surface area contributed by atoms with Crippen LogP contribution in [0.4, 0.5) is 5.69 Å². The minimum atomic E-state index is -0.786. The first-order valence-corrected chi connectivity index (χ1v) is 5.15. The van der Waals surface area contributed by atoms with Crippen molar-refractivity contribution < 1.29 is 9.90 Å². The smallest absolute Gasteiger partial charge is 0.308 e. The SMILES string of the molecule is CC(Cn1ccc2ccc(N)cc21)C(=O)O. The molecule has 0 saturated heterocycles. The maximum atomic E-state index is 10.8. The van der Waals surface area contributed by atoms with Crippen molar-refractivity contribution in [2.24, 2.45) is 5.92 Å². The maximum Gasteiger partial charge on any atom is 0.308 e. The zero-order valence-electron chi connectivity index (χ0n) is 9.05. The number of aromatic nitrogens is 1. The van der Waals surface area contributed by atoms with Crippen LogP contribution in [0.25, 0.3) is 10.9 Å². The minimum Gasteiger partial charge on any atom is -0.481 e. The lowest BCUT2D eigenvalue weighted by Crippen LogP contribution is -2.16. The van der Waals surface area contributed by atoms with Crippen molar-refractivity contribution in [2.45, 2.75) is 13.5 Å². The number of hydrogen-bond acceptors (Lipinski definition) is 2.